The molecule has 0 saturated carbocycles. The minimum absolute atomic E-state index is 0.321. The topological polar surface area (TPSA) is 35.5 Å². The Morgan fingerprint density at radius 3 is 2.91 bits per heavy atom. The lowest BCUT2D eigenvalue weighted by Gasteiger charge is -2.22. The van der Waals surface area contributed by atoms with E-state index in [0.29, 0.717) is 12.6 Å². The van der Waals surface area contributed by atoms with E-state index in [-0.39, 0.29) is 0 Å². The average Bonchev–Trinajstić information content (AvgIpc) is 2.99. The monoisotopic (exact) mass is 302 g/mol. The molecule has 1 aromatic carbocycles. The molecule has 0 amide bonds. The van der Waals surface area contributed by atoms with Gasteiger partial charge in [-0.1, -0.05) is 42.0 Å². The van der Waals surface area contributed by atoms with E-state index in [4.69, 9.17) is 0 Å². The zero-order chi connectivity index (χ0) is 15.6. The molecule has 1 aliphatic heterocycles. The molecule has 1 unspecified atom stereocenters. The largest absolute Gasteiger partial charge is 0.395 e. The predicted molar refractivity (Wildman–Crippen MR) is 93.9 cm³/mol. The second-order valence-electron chi connectivity index (χ2n) is 6.30. The molecule has 1 aliphatic rings. The fourth-order valence-electron chi connectivity index (χ4n) is 3.13. The molecule has 0 radical (unpaired) electrons. The van der Waals surface area contributed by atoms with Crippen LogP contribution in [0.5, 0.6) is 0 Å². The highest BCUT2D eigenvalue weighted by Crippen LogP contribution is 2.16. The van der Waals surface area contributed by atoms with Gasteiger partial charge in [-0.2, -0.15) is 0 Å². The normalized spacial score (nSPS) is 19.7. The number of aliphatic hydroxyl groups excluding tert-OH is 1. The van der Waals surface area contributed by atoms with Gasteiger partial charge in [0.1, 0.15) is 0 Å². The van der Waals surface area contributed by atoms with Crippen molar-refractivity contribution >= 4 is 6.08 Å². The van der Waals surface area contributed by atoms with Crippen LogP contribution in [0.1, 0.15) is 38.2 Å². The Labute approximate surface area is 135 Å². The zero-order valence-electron chi connectivity index (χ0n) is 13.8. The van der Waals surface area contributed by atoms with E-state index >= 15 is 0 Å². The number of rotatable bonds is 9. The van der Waals surface area contributed by atoms with E-state index in [0.717, 1.165) is 32.6 Å². The van der Waals surface area contributed by atoms with Crippen molar-refractivity contribution in [3.05, 3.63) is 41.5 Å². The van der Waals surface area contributed by atoms with Gasteiger partial charge in [-0.15, -0.1) is 0 Å². The van der Waals surface area contributed by atoms with Crippen molar-refractivity contribution in [2.24, 2.45) is 0 Å². The molecule has 0 aliphatic carbocycles. The maximum absolute atomic E-state index is 9.30. The van der Waals surface area contributed by atoms with Crippen LogP contribution < -0.4 is 5.32 Å². The molecule has 1 fully saturated rings. The summed E-state index contributed by atoms with van der Waals surface area (Å²) in [5.74, 6) is 0. The molecule has 3 nitrogen and oxygen atoms in total. The van der Waals surface area contributed by atoms with Crippen LogP contribution in [0.2, 0.25) is 0 Å². The number of nitrogens with zero attached hydrogens (tertiary/aromatic N) is 1. The van der Waals surface area contributed by atoms with Crippen LogP contribution in [0.15, 0.2) is 35.9 Å². The summed E-state index contributed by atoms with van der Waals surface area (Å²) in [5.41, 5.74) is 2.64. The van der Waals surface area contributed by atoms with Crippen LogP contribution in [0.4, 0.5) is 0 Å². The molecular formula is C19H30N2O. The maximum Gasteiger partial charge on any atom is 0.0586 e. The van der Waals surface area contributed by atoms with Gasteiger partial charge in [0.25, 0.3) is 0 Å². The highest BCUT2D eigenvalue weighted by molar-refractivity contribution is 5.52. The van der Waals surface area contributed by atoms with Crippen molar-refractivity contribution < 1.29 is 5.11 Å². The number of hydrogen-bond donors (Lipinski definition) is 2. The first-order valence-corrected chi connectivity index (χ1v) is 8.57. The third-order valence-corrected chi connectivity index (χ3v) is 4.38. The Morgan fingerprint density at radius 2 is 2.14 bits per heavy atom. The fraction of sp³-hybridized carbons (Fsp3) is 0.579. The number of hydrogen-bond acceptors (Lipinski definition) is 3. The minimum atomic E-state index is 0.321. The van der Waals surface area contributed by atoms with E-state index < -0.39 is 0 Å². The van der Waals surface area contributed by atoms with Crippen LogP contribution in [0, 0.1) is 0 Å². The molecule has 2 N–H and O–H groups in total. The van der Waals surface area contributed by atoms with Gasteiger partial charge in [0.05, 0.1) is 6.61 Å². The van der Waals surface area contributed by atoms with Crippen LogP contribution in [0.25, 0.3) is 6.08 Å². The van der Waals surface area contributed by atoms with E-state index in [1.54, 1.807) is 0 Å². The van der Waals surface area contributed by atoms with Gasteiger partial charge in [0, 0.05) is 12.6 Å². The van der Waals surface area contributed by atoms with Crippen LogP contribution in [-0.4, -0.2) is 48.8 Å². The molecule has 1 saturated heterocycles. The van der Waals surface area contributed by atoms with Gasteiger partial charge < -0.3 is 10.4 Å². The molecule has 0 aromatic heterocycles. The third-order valence-electron chi connectivity index (χ3n) is 4.38. The van der Waals surface area contributed by atoms with Crippen molar-refractivity contribution in [1.82, 2.24) is 10.2 Å². The predicted octanol–water partition coefficient (Wildman–Crippen LogP) is 2.92. The van der Waals surface area contributed by atoms with Crippen molar-refractivity contribution in [3.8, 4) is 0 Å². The summed E-state index contributed by atoms with van der Waals surface area (Å²) in [6, 6.07) is 10.9. The quantitative estimate of drug-likeness (QED) is 0.689. The summed E-state index contributed by atoms with van der Waals surface area (Å²) < 4.78 is 0. The average molecular weight is 302 g/mol. The molecule has 1 atom stereocenters. The Kier molecular flexibility index (Phi) is 7.64. The first-order valence-electron chi connectivity index (χ1n) is 8.57. The van der Waals surface area contributed by atoms with Crippen LogP contribution in [-0.2, 0) is 0 Å². The first kappa shape index (κ1) is 17.2. The first-order chi connectivity index (χ1) is 10.8. The lowest BCUT2D eigenvalue weighted by atomic mass is 10.1. The van der Waals surface area contributed by atoms with E-state index in [9.17, 15) is 5.11 Å². The molecule has 1 heterocycles. The SMILES string of the molecule is C/C(=C/c1ccccc1)CNCCCCN1CCCC1CO. The number of aliphatic hydroxyl groups is 1. The van der Waals surface area contributed by atoms with Gasteiger partial charge in [-0.25, -0.2) is 0 Å². The molecule has 22 heavy (non-hydrogen) atoms. The van der Waals surface area contributed by atoms with Gasteiger partial charge >= 0.3 is 0 Å². The summed E-state index contributed by atoms with van der Waals surface area (Å²) in [7, 11) is 0. The van der Waals surface area contributed by atoms with Crippen molar-refractivity contribution in [2.75, 3.05) is 32.8 Å². The summed E-state index contributed by atoms with van der Waals surface area (Å²) >= 11 is 0. The molecule has 0 spiro atoms. The Morgan fingerprint density at radius 1 is 1.32 bits per heavy atom. The van der Waals surface area contributed by atoms with Gasteiger partial charge in [0.2, 0.25) is 0 Å². The van der Waals surface area contributed by atoms with Gasteiger partial charge in [0.15, 0.2) is 0 Å². The highest BCUT2D eigenvalue weighted by atomic mass is 16.3. The minimum Gasteiger partial charge on any atom is -0.395 e. The van der Waals surface area contributed by atoms with Crippen molar-refractivity contribution in [3.63, 3.8) is 0 Å². The highest BCUT2D eigenvalue weighted by Gasteiger charge is 2.22. The Bertz CT molecular complexity index is 444. The molecule has 3 heteroatoms. The standard InChI is InChI=1S/C19H30N2O/c1-17(14-18-8-3-2-4-9-18)15-20-11-5-6-12-21-13-7-10-19(21)16-22/h2-4,8-9,14,19-20,22H,5-7,10-13,15-16H2,1H3/b17-14-. The summed E-state index contributed by atoms with van der Waals surface area (Å²) in [6.45, 7) is 6.82. The number of benzene rings is 1. The molecule has 0 bridgehead atoms. The lowest BCUT2D eigenvalue weighted by Crippen LogP contribution is -2.33. The molecule has 1 aromatic rings. The van der Waals surface area contributed by atoms with Gasteiger partial charge in [-0.05, 0) is 57.8 Å². The second-order valence-corrected chi connectivity index (χ2v) is 6.30. The van der Waals surface area contributed by atoms with Crippen LogP contribution >= 0.6 is 0 Å². The van der Waals surface area contributed by atoms with Crippen LogP contribution in [0.3, 0.4) is 0 Å². The van der Waals surface area contributed by atoms with Crippen molar-refractivity contribution in [2.45, 2.75) is 38.6 Å². The fourth-order valence-corrected chi connectivity index (χ4v) is 3.13. The Hall–Kier alpha value is -1.16. The smallest absolute Gasteiger partial charge is 0.0586 e. The molecule has 122 valence electrons. The van der Waals surface area contributed by atoms with E-state index in [2.05, 4.69) is 47.5 Å². The van der Waals surface area contributed by atoms with E-state index in [1.165, 1.54) is 30.4 Å². The number of likely N-dealkylation sites (tertiary alicyclic amines) is 1. The third kappa shape index (κ3) is 5.91. The van der Waals surface area contributed by atoms with Crippen molar-refractivity contribution in [1.29, 1.82) is 0 Å². The van der Waals surface area contributed by atoms with Gasteiger partial charge in [-0.3, -0.25) is 4.90 Å². The summed E-state index contributed by atoms with van der Waals surface area (Å²) in [6.07, 6.45) is 7.06. The summed E-state index contributed by atoms with van der Waals surface area (Å²) in [5, 5.41) is 12.8. The molecular weight excluding hydrogens is 272 g/mol. The maximum atomic E-state index is 9.30. The van der Waals surface area contributed by atoms with E-state index in [1.807, 2.05) is 6.07 Å². The lowest BCUT2D eigenvalue weighted by molar-refractivity contribution is 0.157. The second kappa shape index (κ2) is 9.78. The summed E-state index contributed by atoms with van der Waals surface area (Å²) in [4.78, 5) is 2.44. The number of unbranched alkanes of at least 4 members (excludes halogenated alkanes) is 1. The zero-order valence-corrected chi connectivity index (χ0v) is 13.8. The molecule has 2 rings (SSSR count). The Balaban J connectivity index is 1.55. The number of nitrogens with one attached hydrogen (secondary N) is 1.